The van der Waals surface area contributed by atoms with Crippen LogP contribution in [0.4, 0.5) is 0 Å². The number of hydrogen-bond acceptors (Lipinski definition) is 3. The second-order valence-electron chi connectivity index (χ2n) is 3.18. The van der Waals surface area contributed by atoms with Crippen LogP contribution >= 0.6 is 0 Å². The van der Waals surface area contributed by atoms with Crippen LogP contribution in [-0.4, -0.2) is 20.7 Å². The normalized spacial score (nSPS) is 11.7. The minimum absolute atomic E-state index is 0.599. The third-order valence-corrected chi connectivity index (χ3v) is 2.20. The molecule has 2 rings (SSSR count). The molecule has 4 heteroatoms. The highest BCUT2D eigenvalue weighted by molar-refractivity contribution is 5.98. The number of rotatable bonds is 2. The zero-order chi connectivity index (χ0) is 10.7. The maximum atomic E-state index is 8.61. The number of nitrogens with zero attached hydrogens (tertiary/aromatic N) is 3. The van der Waals surface area contributed by atoms with Gasteiger partial charge >= 0.3 is 0 Å². The van der Waals surface area contributed by atoms with E-state index < -0.39 is 0 Å². The summed E-state index contributed by atoms with van der Waals surface area (Å²) in [7, 11) is 0. The summed E-state index contributed by atoms with van der Waals surface area (Å²) in [5, 5.41) is 15.9. The molecule has 15 heavy (non-hydrogen) atoms. The Hall–Kier alpha value is -2.10. The molecule has 0 aliphatic rings. The fourth-order valence-corrected chi connectivity index (χ4v) is 1.33. The van der Waals surface area contributed by atoms with Crippen molar-refractivity contribution in [1.82, 2.24) is 9.78 Å². The van der Waals surface area contributed by atoms with E-state index in [1.165, 1.54) is 0 Å². The van der Waals surface area contributed by atoms with E-state index in [9.17, 15) is 0 Å². The molecular formula is C11H11N3O. The summed E-state index contributed by atoms with van der Waals surface area (Å²) in [5.41, 5.74) is 2.48. The predicted molar refractivity (Wildman–Crippen MR) is 57.6 cm³/mol. The summed E-state index contributed by atoms with van der Waals surface area (Å²) in [5.74, 6) is 0. The third kappa shape index (κ3) is 1.88. The first-order valence-electron chi connectivity index (χ1n) is 4.60. The van der Waals surface area contributed by atoms with Gasteiger partial charge in [-0.15, -0.1) is 0 Å². The van der Waals surface area contributed by atoms with Crippen LogP contribution < -0.4 is 0 Å². The van der Waals surface area contributed by atoms with Gasteiger partial charge in [-0.2, -0.15) is 5.10 Å². The Bertz CT molecular complexity index is 457. The van der Waals surface area contributed by atoms with E-state index in [0.717, 1.165) is 11.3 Å². The van der Waals surface area contributed by atoms with Crippen LogP contribution in [0.25, 0.3) is 5.69 Å². The summed E-state index contributed by atoms with van der Waals surface area (Å²) < 4.78 is 1.77. The smallest absolute Gasteiger partial charge is 0.0836 e. The van der Waals surface area contributed by atoms with Gasteiger partial charge in [0.15, 0.2) is 0 Å². The Balaban J connectivity index is 2.33. The van der Waals surface area contributed by atoms with E-state index >= 15 is 0 Å². The molecule has 0 aliphatic carbocycles. The minimum atomic E-state index is 0.599. The Kier molecular flexibility index (Phi) is 2.49. The Labute approximate surface area is 87.5 Å². The van der Waals surface area contributed by atoms with Gasteiger partial charge in [-0.1, -0.05) is 17.3 Å². The van der Waals surface area contributed by atoms with Gasteiger partial charge in [0.1, 0.15) is 0 Å². The Morgan fingerprint density at radius 3 is 2.60 bits per heavy atom. The van der Waals surface area contributed by atoms with Crippen molar-refractivity contribution in [2.24, 2.45) is 5.16 Å². The number of aromatic nitrogens is 2. The van der Waals surface area contributed by atoms with Gasteiger partial charge in [-0.05, 0) is 30.7 Å². The van der Waals surface area contributed by atoms with Crippen molar-refractivity contribution in [3.05, 3.63) is 48.3 Å². The van der Waals surface area contributed by atoms with Crippen LogP contribution in [-0.2, 0) is 0 Å². The van der Waals surface area contributed by atoms with Crippen LogP contribution in [0.3, 0.4) is 0 Å². The summed E-state index contributed by atoms with van der Waals surface area (Å²) >= 11 is 0. The molecule has 0 aliphatic heterocycles. The second kappa shape index (κ2) is 3.96. The van der Waals surface area contributed by atoms with Gasteiger partial charge in [-0.25, -0.2) is 4.68 Å². The quantitative estimate of drug-likeness (QED) is 0.459. The summed E-state index contributed by atoms with van der Waals surface area (Å²) in [4.78, 5) is 0. The molecule has 1 aromatic heterocycles. The Morgan fingerprint density at radius 1 is 1.33 bits per heavy atom. The van der Waals surface area contributed by atoms with E-state index in [0.29, 0.717) is 5.71 Å². The van der Waals surface area contributed by atoms with E-state index in [2.05, 4.69) is 10.3 Å². The number of oxime groups is 1. The molecule has 1 aromatic carbocycles. The maximum Gasteiger partial charge on any atom is 0.0836 e. The molecular weight excluding hydrogens is 190 g/mol. The molecule has 0 bridgehead atoms. The van der Waals surface area contributed by atoms with Gasteiger partial charge in [0.2, 0.25) is 0 Å². The van der Waals surface area contributed by atoms with Gasteiger partial charge in [-0.3, -0.25) is 0 Å². The highest BCUT2D eigenvalue weighted by Crippen LogP contribution is 2.09. The Morgan fingerprint density at radius 2 is 2.07 bits per heavy atom. The maximum absolute atomic E-state index is 8.61. The molecule has 1 heterocycles. The van der Waals surface area contributed by atoms with E-state index in [1.807, 2.05) is 36.5 Å². The van der Waals surface area contributed by atoms with Crippen molar-refractivity contribution < 1.29 is 5.21 Å². The lowest BCUT2D eigenvalue weighted by molar-refractivity contribution is 0.319. The van der Waals surface area contributed by atoms with Crippen molar-refractivity contribution in [2.75, 3.05) is 0 Å². The first kappa shape index (κ1) is 9.45. The molecule has 2 aromatic rings. The standard InChI is InChI=1S/C11H11N3O/c1-9(13-15)10-3-5-11(6-4-10)14-8-2-7-12-14/h2-8,15H,1H3. The van der Waals surface area contributed by atoms with Gasteiger partial charge < -0.3 is 5.21 Å². The summed E-state index contributed by atoms with van der Waals surface area (Å²) in [6.07, 6.45) is 3.61. The zero-order valence-electron chi connectivity index (χ0n) is 8.33. The van der Waals surface area contributed by atoms with Crippen LogP contribution in [0.1, 0.15) is 12.5 Å². The van der Waals surface area contributed by atoms with Crippen molar-refractivity contribution in [2.45, 2.75) is 6.92 Å². The van der Waals surface area contributed by atoms with Gasteiger partial charge in [0, 0.05) is 12.4 Å². The second-order valence-corrected chi connectivity index (χ2v) is 3.18. The van der Waals surface area contributed by atoms with Crippen molar-refractivity contribution >= 4 is 5.71 Å². The SMILES string of the molecule is CC(=NO)c1ccc(-n2cccn2)cc1. The van der Waals surface area contributed by atoms with Crippen LogP contribution in [0, 0.1) is 0 Å². The lowest BCUT2D eigenvalue weighted by Gasteiger charge is -2.02. The van der Waals surface area contributed by atoms with Crippen molar-refractivity contribution in [1.29, 1.82) is 0 Å². The van der Waals surface area contributed by atoms with Gasteiger partial charge in [0.05, 0.1) is 11.4 Å². The molecule has 0 saturated heterocycles. The molecule has 0 amide bonds. The summed E-state index contributed by atoms with van der Waals surface area (Å²) in [6.45, 7) is 1.75. The molecule has 76 valence electrons. The topological polar surface area (TPSA) is 50.4 Å². The minimum Gasteiger partial charge on any atom is -0.411 e. The molecule has 1 N–H and O–H groups in total. The predicted octanol–water partition coefficient (Wildman–Crippen LogP) is 2.07. The van der Waals surface area contributed by atoms with E-state index in [-0.39, 0.29) is 0 Å². The molecule has 0 saturated carbocycles. The zero-order valence-corrected chi connectivity index (χ0v) is 8.33. The third-order valence-electron chi connectivity index (χ3n) is 2.20. The average Bonchev–Trinajstić information content (AvgIpc) is 2.82. The highest BCUT2D eigenvalue weighted by atomic mass is 16.4. The van der Waals surface area contributed by atoms with Crippen LogP contribution in [0.5, 0.6) is 0 Å². The highest BCUT2D eigenvalue weighted by Gasteiger charge is 1.99. The van der Waals surface area contributed by atoms with Gasteiger partial charge in [0.25, 0.3) is 0 Å². The molecule has 0 fully saturated rings. The number of hydrogen-bond donors (Lipinski definition) is 1. The monoisotopic (exact) mass is 201 g/mol. The molecule has 0 unspecified atom stereocenters. The lowest BCUT2D eigenvalue weighted by Crippen LogP contribution is -1.97. The van der Waals surface area contributed by atoms with Crippen molar-refractivity contribution in [3.8, 4) is 5.69 Å². The van der Waals surface area contributed by atoms with E-state index in [1.54, 1.807) is 17.8 Å². The molecule has 4 nitrogen and oxygen atoms in total. The van der Waals surface area contributed by atoms with Crippen molar-refractivity contribution in [3.63, 3.8) is 0 Å². The van der Waals surface area contributed by atoms with Crippen LogP contribution in [0.2, 0.25) is 0 Å². The lowest BCUT2D eigenvalue weighted by atomic mass is 10.1. The first-order chi connectivity index (χ1) is 7.31. The molecule has 0 spiro atoms. The van der Waals surface area contributed by atoms with Crippen LogP contribution in [0.15, 0.2) is 47.9 Å². The first-order valence-corrected chi connectivity index (χ1v) is 4.60. The fourth-order valence-electron chi connectivity index (χ4n) is 1.33. The fraction of sp³-hybridized carbons (Fsp3) is 0.0909. The number of benzene rings is 1. The largest absolute Gasteiger partial charge is 0.411 e. The van der Waals surface area contributed by atoms with E-state index in [4.69, 9.17) is 5.21 Å². The molecule has 0 radical (unpaired) electrons. The average molecular weight is 201 g/mol. The summed E-state index contributed by atoms with van der Waals surface area (Å²) in [6, 6.07) is 9.51. The molecule has 0 atom stereocenters.